The molecule has 2 saturated heterocycles. The van der Waals surface area contributed by atoms with Gasteiger partial charge < -0.3 is 58.0 Å². The summed E-state index contributed by atoms with van der Waals surface area (Å²) in [5.74, 6) is 0. The van der Waals surface area contributed by atoms with Crippen molar-refractivity contribution in [1.82, 2.24) is 0 Å². The van der Waals surface area contributed by atoms with Crippen LogP contribution < -0.4 is 0 Å². The van der Waals surface area contributed by atoms with Crippen LogP contribution >= 0.6 is 0 Å². The van der Waals surface area contributed by atoms with Gasteiger partial charge in [0.05, 0.1) is 26.4 Å². The molecule has 206 valence electrons. The van der Waals surface area contributed by atoms with Crippen LogP contribution in [0.3, 0.4) is 0 Å². The Hall–Kier alpha value is -1.00. The number of ether oxygens (including phenoxy) is 9. The minimum Gasteiger partial charge on any atom is -0.387 e. The third-order valence-corrected chi connectivity index (χ3v) is 5.49. The highest BCUT2D eigenvalue weighted by Gasteiger charge is 2.47. The molecule has 8 unspecified atom stereocenters. The van der Waals surface area contributed by atoms with Crippen molar-refractivity contribution in [2.75, 3.05) is 62.0 Å². The zero-order chi connectivity index (χ0) is 26.4. The number of aliphatic hydroxyl groups is 3. The topological polar surface area (TPSA) is 144 Å². The maximum Gasteiger partial charge on any atom is 0.187 e. The number of hydrogen-bond acceptors (Lipinski definition) is 12. The van der Waals surface area contributed by atoms with Crippen molar-refractivity contribution < 1.29 is 58.0 Å². The molecule has 12 nitrogen and oxygen atoms in total. The molecule has 2 aliphatic rings. The quantitative estimate of drug-likeness (QED) is 0.268. The number of rotatable bonds is 13. The van der Waals surface area contributed by atoms with Crippen molar-refractivity contribution in [2.24, 2.45) is 0 Å². The molecule has 0 aliphatic carbocycles. The first kappa shape index (κ1) is 32.0. The zero-order valence-corrected chi connectivity index (χ0v) is 21.2. The van der Waals surface area contributed by atoms with Crippen LogP contribution in [0.1, 0.15) is 0 Å². The van der Waals surface area contributed by atoms with E-state index in [-0.39, 0.29) is 37.6 Å². The summed E-state index contributed by atoms with van der Waals surface area (Å²) in [4.78, 5) is 0. The molecule has 12 heteroatoms. The minimum absolute atomic E-state index is 0.110. The predicted octanol–water partition coefficient (Wildman–Crippen LogP) is -0.752. The minimum atomic E-state index is -1.32. The summed E-state index contributed by atoms with van der Waals surface area (Å²) in [5.41, 5.74) is 0. The van der Waals surface area contributed by atoms with Gasteiger partial charge in [-0.25, -0.2) is 0 Å². The fraction of sp³-hybridized carbons (Fsp3) is 0.826. The van der Waals surface area contributed by atoms with Gasteiger partial charge >= 0.3 is 0 Å². The van der Waals surface area contributed by atoms with Gasteiger partial charge in [0.1, 0.15) is 48.8 Å². The van der Waals surface area contributed by atoms with Gasteiger partial charge in [0, 0.05) is 35.5 Å². The van der Waals surface area contributed by atoms with Gasteiger partial charge in [0.2, 0.25) is 0 Å². The van der Waals surface area contributed by atoms with Gasteiger partial charge in [-0.3, -0.25) is 0 Å². The van der Waals surface area contributed by atoms with Crippen molar-refractivity contribution in [2.45, 2.75) is 61.4 Å². The third kappa shape index (κ3) is 9.11. The summed E-state index contributed by atoms with van der Waals surface area (Å²) in [7, 11) is 7.88. The van der Waals surface area contributed by atoms with E-state index in [4.69, 9.17) is 42.6 Å². The molecular weight excluding hydrogens is 468 g/mol. The van der Waals surface area contributed by atoms with Crippen LogP contribution in [-0.4, -0.2) is 139 Å². The average molecular weight is 511 g/mol. The molecule has 0 bridgehead atoms. The lowest BCUT2D eigenvalue weighted by Gasteiger charge is -2.44. The third-order valence-electron chi connectivity index (χ3n) is 5.49. The molecule has 3 N–H and O–H groups in total. The zero-order valence-electron chi connectivity index (χ0n) is 21.2. The van der Waals surface area contributed by atoms with E-state index in [0.29, 0.717) is 13.2 Å². The molecule has 10 atom stereocenters. The summed E-state index contributed by atoms with van der Waals surface area (Å²) in [6.07, 6.45) is -4.12. The maximum absolute atomic E-state index is 9.59. The summed E-state index contributed by atoms with van der Waals surface area (Å²) in [6.45, 7) is 8.14. The van der Waals surface area contributed by atoms with E-state index in [1.54, 1.807) is 34.5 Å². The molecule has 2 fully saturated rings. The van der Waals surface area contributed by atoms with E-state index >= 15 is 0 Å². The standard InChI is InChI=1S/C13H24O6.C10H18O6/c1-6-7-18-13-12(17-5)11(16-4)10(15-3)9(19-13)8-14-2;1-3-4-15-10-9(13)8(12)7(11)6(16-10)5-14-2/h6,9-13H,1,7-8H2,2-5H3;3,6-13H,1,4-5H2,2H3/t9?,10-,11?,12?,13?;6?,7-,8?,9?,10?/m11/s1. The summed E-state index contributed by atoms with van der Waals surface area (Å²) < 4.78 is 48.2. The lowest BCUT2D eigenvalue weighted by molar-refractivity contribution is -0.311. The van der Waals surface area contributed by atoms with E-state index in [1.165, 1.54) is 13.2 Å². The fourth-order valence-corrected chi connectivity index (χ4v) is 3.79. The Bertz CT molecular complexity index is 579. The molecule has 0 spiro atoms. The normalized spacial score (nSPS) is 37.3. The van der Waals surface area contributed by atoms with Gasteiger partial charge in [0.25, 0.3) is 0 Å². The Morgan fingerprint density at radius 1 is 0.629 bits per heavy atom. The fourth-order valence-electron chi connectivity index (χ4n) is 3.79. The number of aliphatic hydroxyl groups excluding tert-OH is 3. The predicted molar refractivity (Wildman–Crippen MR) is 124 cm³/mol. The molecule has 0 aromatic heterocycles. The maximum atomic E-state index is 9.59. The van der Waals surface area contributed by atoms with E-state index in [9.17, 15) is 15.3 Å². The molecule has 2 aliphatic heterocycles. The van der Waals surface area contributed by atoms with Crippen molar-refractivity contribution in [3.8, 4) is 0 Å². The summed E-state index contributed by atoms with van der Waals surface area (Å²) in [6, 6.07) is 0. The summed E-state index contributed by atoms with van der Waals surface area (Å²) in [5, 5.41) is 28.7. The molecule has 0 amide bonds. The van der Waals surface area contributed by atoms with Crippen molar-refractivity contribution in [3.05, 3.63) is 25.3 Å². The van der Waals surface area contributed by atoms with Gasteiger partial charge in [-0.2, -0.15) is 0 Å². The molecular formula is C23H42O12. The largest absolute Gasteiger partial charge is 0.387 e. The molecule has 0 aromatic rings. The molecule has 2 rings (SSSR count). The Kier molecular flexibility index (Phi) is 16.0. The van der Waals surface area contributed by atoms with Crippen LogP contribution in [0, 0.1) is 0 Å². The SMILES string of the molecule is C=CCOC1OC(COC)[C@@H](O)C(O)C1O.C=CCOC1OC(COC)[C@@H](OC)C(OC)C1OC. The van der Waals surface area contributed by atoms with Gasteiger partial charge in [-0.05, 0) is 0 Å². The van der Waals surface area contributed by atoms with E-state index in [2.05, 4.69) is 13.2 Å². The van der Waals surface area contributed by atoms with Crippen LogP contribution in [-0.2, 0) is 42.6 Å². The van der Waals surface area contributed by atoms with Crippen LogP contribution in [0.4, 0.5) is 0 Å². The van der Waals surface area contributed by atoms with E-state index in [0.717, 1.165) is 0 Å². The second kappa shape index (κ2) is 17.5. The number of hydrogen-bond donors (Lipinski definition) is 3. The first-order valence-corrected chi connectivity index (χ1v) is 11.2. The van der Waals surface area contributed by atoms with Gasteiger partial charge in [-0.15, -0.1) is 13.2 Å². The Morgan fingerprint density at radius 2 is 1.11 bits per heavy atom. The van der Waals surface area contributed by atoms with Gasteiger partial charge in [0.15, 0.2) is 12.6 Å². The van der Waals surface area contributed by atoms with Crippen LogP contribution in [0.5, 0.6) is 0 Å². The van der Waals surface area contributed by atoms with E-state index < -0.39 is 37.0 Å². The second-order valence-corrected chi connectivity index (χ2v) is 7.81. The van der Waals surface area contributed by atoms with Crippen molar-refractivity contribution >= 4 is 0 Å². The highest BCUT2D eigenvalue weighted by atomic mass is 16.7. The summed E-state index contributed by atoms with van der Waals surface area (Å²) >= 11 is 0. The molecule has 0 radical (unpaired) electrons. The molecule has 0 saturated carbocycles. The van der Waals surface area contributed by atoms with Crippen LogP contribution in [0.15, 0.2) is 25.3 Å². The van der Waals surface area contributed by atoms with Crippen molar-refractivity contribution in [3.63, 3.8) is 0 Å². The average Bonchev–Trinajstić information content (AvgIpc) is 2.87. The van der Waals surface area contributed by atoms with Crippen molar-refractivity contribution in [1.29, 1.82) is 0 Å². The second-order valence-electron chi connectivity index (χ2n) is 7.81. The van der Waals surface area contributed by atoms with Gasteiger partial charge in [-0.1, -0.05) is 12.2 Å². The lowest BCUT2D eigenvalue weighted by atomic mass is 9.98. The monoisotopic (exact) mass is 510 g/mol. The molecule has 2 heterocycles. The Morgan fingerprint density at radius 3 is 1.60 bits per heavy atom. The first-order chi connectivity index (χ1) is 16.8. The lowest BCUT2D eigenvalue weighted by Crippen LogP contribution is -2.61. The number of methoxy groups -OCH3 is 5. The van der Waals surface area contributed by atoms with Crippen LogP contribution in [0.2, 0.25) is 0 Å². The van der Waals surface area contributed by atoms with Crippen LogP contribution in [0.25, 0.3) is 0 Å². The first-order valence-electron chi connectivity index (χ1n) is 11.2. The Balaban J connectivity index is 0.000000355. The highest BCUT2D eigenvalue weighted by molar-refractivity contribution is 4.92. The molecule has 0 aromatic carbocycles. The Labute approximate surface area is 207 Å². The molecule has 35 heavy (non-hydrogen) atoms. The highest BCUT2D eigenvalue weighted by Crippen LogP contribution is 2.28. The van der Waals surface area contributed by atoms with E-state index in [1.807, 2.05) is 0 Å². The smallest absolute Gasteiger partial charge is 0.187 e.